The van der Waals surface area contributed by atoms with Gasteiger partial charge in [0.05, 0.1) is 6.54 Å². The van der Waals surface area contributed by atoms with E-state index in [1.165, 1.54) is 5.56 Å². The maximum absolute atomic E-state index is 11.8. The van der Waals surface area contributed by atoms with Crippen molar-refractivity contribution in [2.24, 2.45) is 5.92 Å². The Morgan fingerprint density at radius 2 is 1.67 bits per heavy atom. The number of rotatable bonds is 6. The molecular formula is C19H31N3O2. The van der Waals surface area contributed by atoms with Gasteiger partial charge in [0.25, 0.3) is 0 Å². The zero-order valence-electron chi connectivity index (χ0n) is 15.7. The quantitative estimate of drug-likeness (QED) is 0.749. The minimum Gasteiger partial charge on any atom is -0.338 e. The van der Waals surface area contributed by atoms with E-state index in [2.05, 4.69) is 74.8 Å². The Bertz CT molecular complexity index is 545. The van der Waals surface area contributed by atoms with E-state index >= 15 is 0 Å². The van der Waals surface area contributed by atoms with E-state index in [9.17, 15) is 9.59 Å². The molecule has 1 rings (SSSR count). The minimum absolute atomic E-state index is 0.0546. The highest BCUT2D eigenvalue weighted by Gasteiger charge is 2.19. The monoisotopic (exact) mass is 333 g/mol. The summed E-state index contributed by atoms with van der Waals surface area (Å²) in [6.07, 6.45) is 0. The van der Waals surface area contributed by atoms with Gasteiger partial charge in [0.1, 0.15) is 0 Å². The van der Waals surface area contributed by atoms with Gasteiger partial charge < -0.3 is 10.6 Å². The third-order valence-corrected chi connectivity index (χ3v) is 3.88. The topological polar surface area (TPSA) is 70.2 Å². The fraction of sp³-hybridized carbons (Fsp3) is 0.579. The van der Waals surface area contributed by atoms with Crippen LogP contribution < -0.4 is 16.0 Å². The molecule has 0 aromatic heterocycles. The number of carbonyl (C=O) groups excluding carboxylic acids is 2. The Morgan fingerprint density at radius 3 is 2.12 bits per heavy atom. The van der Waals surface area contributed by atoms with Crippen molar-refractivity contribution < 1.29 is 9.59 Å². The zero-order chi connectivity index (χ0) is 18.3. The van der Waals surface area contributed by atoms with Crippen LogP contribution in [0.2, 0.25) is 0 Å². The molecule has 0 bridgehead atoms. The summed E-state index contributed by atoms with van der Waals surface area (Å²) in [4.78, 5) is 23.2. The molecular weight excluding hydrogens is 302 g/mol. The molecule has 0 spiro atoms. The fourth-order valence-corrected chi connectivity index (χ4v) is 2.51. The SMILES string of the molecule is CCNC(=O)NC(=O)CN[C@H](c1ccc(C(C)(C)C)cc1)C(C)C. The van der Waals surface area contributed by atoms with Gasteiger partial charge in [-0.3, -0.25) is 10.1 Å². The van der Waals surface area contributed by atoms with E-state index in [0.717, 1.165) is 5.56 Å². The van der Waals surface area contributed by atoms with Crippen LogP contribution in [0.15, 0.2) is 24.3 Å². The molecule has 0 unspecified atom stereocenters. The smallest absolute Gasteiger partial charge is 0.321 e. The summed E-state index contributed by atoms with van der Waals surface area (Å²) in [6.45, 7) is 13.2. The van der Waals surface area contributed by atoms with Gasteiger partial charge in [-0.15, -0.1) is 0 Å². The molecule has 0 heterocycles. The van der Waals surface area contributed by atoms with Crippen molar-refractivity contribution in [2.75, 3.05) is 13.1 Å². The van der Waals surface area contributed by atoms with Gasteiger partial charge in [-0.2, -0.15) is 0 Å². The minimum atomic E-state index is -0.458. The number of urea groups is 1. The van der Waals surface area contributed by atoms with E-state index in [1.807, 2.05) is 0 Å². The first kappa shape index (κ1) is 20.2. The van der Waals surface area contributed by atoms with E-state index in [4.69, 9.17) is 0 Å². The Hall–Kier alpha value is -1.88. The van der Waals surface area contributed by atoms with Gasteiger partial charge in [-0.05, 0) is 29.4 Å². The van der Waals surface area contributed by atoms with Crippen LogP contribution in [-0.4, -0.2) is 25.0 Å². The second-order valence-electron chi connectivity index (χ2n) is 7.38. The highest BCUT2D eigenvalue weighted by atomic mass is 16.2. The Balaban J connectivity index is 2.71. The highest BCUT2D eigenvalue weighted by molar-refractivity contribution is 5.95. The summed E-state index contributed by atoms with van der Waals surface area (Å²) < 4.78 is 0. The second kappa shape index (κ2) is 8.83. The Labute approximate surface area is 145 Å². The summed E-state index contributed by atoms with van der Waals surface area (Å²) in [7, 11) is 0. The van der Waals surface area contributed by atoms with Gasteiger partial charge in [-0.1, -0.05) is 58.9 Å². The Morgan fingerprint density at radius 1 is 1.08 bits per heavy atom. The molecule has 0 fully saturated rings. The summed E-state index contributed by atoms with van der Waals surface area (Å²) in [6, 6.07) is 8.10. The van der Waals surface area contributed by atoms with Crippen molar-refractivity contribution in [2.45, 2.75) is 53.0 Å². The molecule has 24 heavy (non-hydrogen) atoms. The van der Waals surface area contributed by atoms with Crippen LogP contribution in [0.1, 0.15) is 58.7 Å². The number of carbonyl (C=O) groups is 2. The van der Waals surface area contributed by atoms with Gasteiger partial charge in [0.2, 0.25) is 5.91 Å². The van der Waals surface area contributed by atoms with Crippen LogP contribution in [0.3, 0.4) is 0 Å². The maximum atomic E-state index is 11.8. The van der Waals surface area contributed by atoms with Crippen molar-refractivity contribution in [1.82, 2.24) is 16.0 Å². The molecule has 0 radical (unpaired) electrons. The molecule has 5 nitrogen and oxygen atoms in total. The number of hydrogen-bond donors (Lipinski definition) is 3. The van der Waals surface area contributed by atoms with Crippen LogP contribution >= 0.6 is 0 Å². The average molecular weight is 333 g/mol. The van der Waals surface area contributed by atoms with Crippen LogP contribution in [0.4, 0.5) is 4.79 Å². The summed E-state index contributed by atoms with van der Waals surface area (Å²) in [5.41, 5.74) is 2.54. The van der Waals surface area contributed by atoms with Crippen LogP contribution in [0, 0.1) is 5.92 Å². The fourth-order valence-electron chi connectivity index (χ4n) is 2.51. The van der Waals surface area contributed by atoms with E-state index in [1.54, 1.807) is 6.92 Å². The van der Waals surface area contributed by atoms with Gasteiger partial charge in [0, 0.05) is 12.6 Å². The molecule has 1 aromatic carbocycles. The molecule has 3 N–H and O–H groups in total. The van der Waals surface area contributed by atoms with Gasteiger partial charge in [-0.25, -0.2) is 4.79 Å². The van der Waals surface area contributed by atoms with Crippen molar-refractivity contribution >= 4 is 11.9 Å². The second-order valence-corrected chi connectivity index (χ2v) is 7.38. The lowest BCUT2D eigenvalue weighted by Gasteiger charge is -2.25. The maximum Gasteiger partial charge on any atom is 0.321 e. The van der Waals surface area contributed by atoms with Crippen molar-refractivity contribution in [3.63, 3.8) is 0 Å². The molecule has 1 aromatic rings. The highest BCUT2D eigenvalue weighted by Crippen LogP contribution is 2.26. The molecule has 0 saturated heterocycles. The molecule has 5 heteroatoms. The molecule has 134 valence electrons. The van der Waals surface area contributed by atoms with E-state index in [0.29, 0.717) is 12.5 Å². The molecule has 0 saturated carbocycles. The van der Waals surface area contributed by atoms with E-state index in [-0.39, 0.29) is 23.9 Å². The van der Waals surface area contributed by atoms with Crippen LogP contribution in [-0.2, 0) is 10.2 Å². The predicted octanol–water partition coefficient (Wildman–Crippen LogP) is 3.12. The summed E-state index contributed by atoms with van der Waals surface area (Å²) >= 11 is 0. The number of imide groups is 1. The van der Waals surface area contributed by atoms with E-state index < -0.39 is 6.03 Å². The lowest BCUT2D eigenvalue weighted by atomic mass is 9.85. The summed E-state index contributed by atoms with van der Waals surface area (Å²) in [5.74, 6) is -0.0133. The molecule has 0 aliphatic heterocycles. The van der Waals surface area contributed by atoms with Gasteiger partial charge in [0.15, 0.2) is 0 Å². The van der Waals surface area contributed by atoms with Crippen molar-refractivity contribution in [3.05, 3.63) is 35.4 Å². The van der Waals surface area contributed by atoms with Crippen LogP contribution in [0.25, 0.3) is 0 Å². The average Bonchev–Trinajstić information content (AvgIpc) is 2.46. The lowest BCUT2D eigenvalue weighted by molar-refractivity contribution is -0.119. The number of amides is 3. The largest absolute Gasteiger partial charge is 0.338 e. The first-order valence-corrected chi connectivity index (χ1v) is 8.56. The Kier molecular flexibility index (Phi) is 7.42. The number of nitrogens with one attached hydrogen (secondary N) is 3. The number of hydrogen-bond acceptors (Lipinski definition) is 3. The third kappa shape index (κ3) is 6.32. The molecule has 1 atom stereocenters. The molecule has 0 aliphatic carbocycles. The third-order valence-electron chi connectivity index (χ3n) is 3.88. The van der Waals surface area contributed by atoms with Gasteiger partial charge >= 0.3 is 6.03 Å². The van der Waals surface area contributed by atoms with Crippen LogP contribution in [0.5, 0.6) is 0 Å². The standard InChI is InChI=1S/C19H31N3O2/c1-7-20-18(24)22-16(23)12-21-17(13(2)3)14-8-10-15(11-9-14)19(4,5)6/h8-11,13,17,21H,7,12H2,1-6H3,(H2,20,22,23,24)/t17-/m0/s1. The molecule has 3 amide bonds. The predicted molar refractivity (Wildman–Crippen MR) is 97.9 cm³/mol. The van der Waals surface area contributed by atoms with Crippen molar-refractivity contribution in [1.29, 1.82) is 0 Å². The summed E-state index contributed by atoms with van der Waals surface area (Å²) in [5, 5.41) is 8.09. The normalized spacial score (nSPS) is 12.8. The lowest BCUT2D eigenvalue weighted by Crippen LogP contribution is -2.44. The first-order chi connectivity index (χ1) is 11.1. The molecule has 0 aliphatic rings. The number of benzene rings is 1. The zero-order valence-corrected chi connectivity index (χ0v) is 15.7. The first-order valence-electron chi connectivity index (χ1n) is 8.56. The van der Waals surface area contributed by atoms with Crippen molar-refractivity contribution in [3.8, 4) is 0 Å².